The highest BCUT2D eigenvalue weighted by atomic mass is 35.5. The molecule has 5 nitrogen and oxygen atoms in total. The number of esters is 1. The molecule has 0 aromatic heterocycles. The molecule has 132 valence electrons. The Morgan fingerprint density at radius 3 is 2.48 bits per heavy atom. The van der Waals surface area contributed by atoms with Gasteiger partial charge < -0.3 is 14.8 Å². The molecule has 1 amide bonds. The molecule has 1 N–H and O–H groups in total. The fourth-order valence-electron chi connectivity index (χ4n) is 2.27. The first-order chi connectivity index (χ1) is 11.9. The summed E-state index contributed by atoms with van der Waals surface area (Å²) in [6.45, 7) is 3.48. The van der Waals surface area contributed by atoms with Crippen molar-refractivity contribution in [2.24, 2.45) is 0 Å². The standard InChI is InChI=1S/C19H20ClNO4/c1-12-4-6-14(7-5-12)13(2)21-18(22)11-25-19(23)16-10-15(20)8-9-17(16)24-3/h4-10,13H,11H2,1-3H3,(H,21,22)/t13-/m0/s1. The summed E-state index contributed by atoms with van der Waals surface area (Å²) in [5.41, 5.74) is 2.29. The molecule has 1 atom stereocenters. The van der Waals surface area contributed by atoms with Gasteiger partial charge in [0.05, 0.1) is 13.2 Å². The molecule has 0 aliphatic rings. The number of benzene rings is 2. The van der Waals surface area contributed by atoms with E-state index in [1.807, 2.05) is 38.1 Å². The number of hydrogen-bond donors (Lipinski definition) is 1. The smallest absolute Gasteiger partial charge is 0.342 e. The molecule has 2 aromatic rings. The van der Waals surface area contributed by atoms with Crippen LogP contribution in [-0.2, 0) is 9.53 Å². The summed E-state index contributed by atoms with van der Waals surface area (Å²) in [6.07, 6.45) is 0. The van der Waals surface area contributed by atoms with Crippen LogP contribution >= 0.6 is 11.6 Å². The molecule has 0 unspecified atom stereocenters. The molecule has 0 spiro atoms. The number of aryl methyl sites for hydroxylation is 1. The third kappa shape index (κ3) is 5.22. The topological polar surface area (TPSA) is 64.6 Å². The molecule has 0 saturated carbocycles. The zero-order valence-corrected chi connectivity index (χ0v) is 15.1. The summed E-state index contributed by atoms with van der Waals surface area (Å²) in [5.74, 6) is -0.720. The van der Waals surface area contributed by atoms with Gasteiger partial charge in [0.15, 0.2) is 6.61 Å². The van der Waals surface area contributed by atoms with Crippen molar-refractivity contribution in [3.63, 3.8) is 0 Å². The summed E-state index contributed by atoms with van der Waals surface area (Å²) in [7, 11) is 1.44. The number of rotatable bonds is 6. The molecule has 0 bridgehead atoms. The van der Waals surface area contributed by atoms with Gasteiger partial charge in [-0.05, 0) is 37.6 Å². The van der Waals surface area contributed by atoms with E-state index < -0.39 is 5.97 Å². The van der Waals surface area contributed by atoms with Crippen LogP contribution in [-0.4, -0.2) is 25.6 Å². The van der Waals surface area contributed by atoms with Gasteiger partial charge in [-0.2, -0.15) is 0 Å². The fourth-order valence-corrected chi connectivity index (χ4v) is 2.44. The monoisotopic (exact) mass is 361 g/mol. The van der Waals surface area contributed by atoms with E-state index >= 15 is 0 Å². The molecule has 0 aliphatic heterocycles. The van der Waals surface area contributed by atoms with Gasteiger partial charge in [-0.25, -0.2) is 4.79 Å². The first-order valence-electron chi connectivity index (χ1n) is 7.77. The van der Waals surface area contributed by atoms with Crippen molar-refractivity contribution < 1.29 is 19.1 Å². The minimum atomic E-state index is -0.669. The van der Waals surface area contributed by atoms with E-state index in [-0.39, 0.29) is 24.1 Å². The Kier molecular flexibility index (Phi) is 6.42. The molecule has 0 radical (unpaired) electrons. The zero-order chi connectivity index (χ0) is 18.4. The minimum absolute atomic E-state index is 0.175. The van der Waals surface area contributed by atoms with Crippen molar-refractivity contribution >= 4 is 23.5 Å². The average molecular weight is 362 g/mol. The Labute approximate surface area is 151 Å². The van der Waals surface area contributed by atoms with E-state index in [0.29, 0.717) is 10.8 Å². The number of carbonyl (C=O) groups excluding carboxylic acids is 2. The van der Waals surface area contributed by atoms with Gasteiger partial charge in [-0.3, -0.25) is 4.79 Å². The van der Waals surface area contributed by atoms with Gasteiger partial charge in [-0.15, -0.1) is 0 Å². The second-order valence-corrected chi connectivity index (χ2v) is 6.06. The summed E-state index contributed by atoms with van der Waals surface area (Å²) >= 11 is 5.89. The number of hydrogen-bond acceptors (Lipinski definition) is 4. The quantitative estimate of drug-likeness (QED) is 0.797. The summed E-state index contributed by atoms with van der Waals surface area (Å²) in [6, 6.07) is 12.3. The third-order valence-electron chi connectivity index (χ3n) is 3.67. The van der Waals surface area contributed by atoms with Gasteiger partial charge in [0.1, 0.15) is 11.3 Å². The predicted molar refractivity (Wildman–Crippen MR) is 96.0 cm³/mol. The van der Waals surface area contributed by atoms with E-state index in [2.05, 4.69) is 5.32 Å². The van der Waals surface area contributed by atoms with Crippen LogP contribution in [0.2, 0.25) is 5.02 Å². The second-order valence-electron chi connectivity index (χ2n) is 5.62. The molecule has 0 heterocycles. The molecule has 0 saturated heterocycles. The molecule has 0 aliphatic carbocycles. The molecule has 6 heteroatoms. The van der Waals surface area contributed by atoms with Crippen LogP contribution in [0.3, 0.4) is 0 Å². The molecule has 25 heavy (non-hydrogen) atoms. The first-order valence-corrected chi connectivity index (χ1v) is 8.15. The van der Waals surface area contributed by atoms with Crippen LogP contribution in [0.5, 0.6) is 5.75 Å². The van der Waals surface area contributed by atoms with Gasteiger partial charge in [0, 0.05) is 5.02 Å². The van der Waals surface area contributed by atoms with Gasteiger partial charge in [-0.1, -0.05) is 41.4 Å². The van der Waals surface area contributed by atoms with E-state index in [9.17, 15) is 9.59 Å². The Morgan fingerprint density at radius 1 is 1.16 bits per heavy atom. The van der Waals surface area contributed by atoms with Crippen LogP contribution in [0.15, 0.2) is 42.5 Å². The summed E-state index contributed by atoms with van der Waals surface area (Å²) in [4.78, 5) is 24.1. The first kappa shape index (κ1) is 18.8. The summed E-state index contributed by atoms with van der Waals surface area (Å²) in [5, 5.41) is 3.17. The van der Waals surface area contributed by atoms with Crippen LogP contribution in [0, 0.1) is 6.92 Å². The number of carbonyl (C=O) groups is 2. The van der Waals surface area contributed by atoms with Gasteiger partial charge in [0.2, 0.25) is 0 Å². The predicted octanol–water partition coefficient (Wildman–Crippen LogP) is 3.69. The molecular weight excluding hydrogens is 342 g/mol. The highest BCUT2D eigenvalue weighted by molar-refractivity contribution is 6.31. The van der Waals surface area contributed by atoms with Crippen LogP contribution < -0.4 is 10.1 Å². The Bertz CT molecular complexity index is 759. The van der Waals surface area contributed by atoms with Crippen molar-refractivity contribution in [1.29, 1.82) is 0 Å². The van der Waals surface area contributed by atoms with Gasteiger partial charge in [0.25, 0.3) is 5.91 Å². The third-order valence-corrected chi connectivity index (χ3v) is 3.91. The van der Waals surface area contributed by atoms with Crippen LogP contribution in [0.4, 0.5) is 0 Å². The van der Waals surface area contributed by atoms with E-state index in [1.54, 1.807) is 12.1 Å². The Morgan fingerprint density at radius 2 is 1.84 bits per heavy atom. The summed E-state index contributed by atoms with van der Waals surface area (Å²) < 4.78 is 10.2. The minimum Gasteiger partial charge on any atom is -0.496 e. The van der Waals surface area contributed by atoms with E-state index in [1.165, 1.54) is 13.2 Å². The number of halogens is 1. The highest BCUT2D eigenvalue weighted by Gasteiger charge is 2.17. The van der Waals surface area contributed by atoms with Crippen molar-refractivity contribution in [3.8, 4) is 5.75 Å². The maximum Gasteiger partial charge on any atom is 0.342 e. The Hall–Kier alpha value is -2.53. The number of amides is 1. The normalized spacial score (nSPS) is 11.5. The average Bonchev–Trinajstić information content (AvgIpc) is 2.60. The lowest BCUT2D eigenvalue weighted by molar-refractivity contribution is -0.124. The molecule has 0 fully saturated rings. The van der Waals surface area contributed by atoms with E-state index in [4.69, 9.17) is 21.1 Å². The second kappa shape index (κ2) is 8.53. The van der Waals surface area contributed by atoms with Crippen molar-refractivity contribution in [3.05, 3.63) is 64.2 Å². The molecular formula is C19H20ClNO4. The van der Waals surface area contributed by atoms with Crippen molar-refractivity contribution in [1.82, 2.24) is 5.32 Å². The lowest BCUT2D eigenvalue weighted by Gasteiger charge is -2.15. The van der Waals surface area contributed by atoms with Crippen LogP contribution in [0.1, 0.15) is 34.5 Å². The van der Waals surface area contributed by atoms with Gasteiger partial charge >= 0.3 is 5.97 Å². The Balaban J connectivity index is 1.92. The fraction of sp³-hybridized carbons (Fsp3) is 0.263. The van der Waals surface area contributed by atoms with Crippen LogP contribution in [0.25, 0.3) is 0 Å². The lowest BCUT2D eigenvalue weighted by Crippen LogP contribution is -2.31. The maximum atomic E-state index is 12.1. The number of nitrogens with one attached hydrogen (secondary N) is 1. The zero-order valence-electron chi connectivity index (χ0n) is 14.3. The molecule has 2 aromatic carbocycles. The number of ether oxygens (including phenoxy) is 2. The maximum absolute atomic E-state index is 12.1. The largest absolute Gasteiger partial charge is 0.496 e. The van der Waals surface area contributed by atoms with E-state index in [0.717, 1.165) is 11.1 Å². The SMILES string of the molecule is COc1ccc(Cl)cc1C(=O)OCC(=O)N[C@@H](C)c1ccc(C)cc1. The highest BCUT2D eigenvalue weighted by Crippen LogP contribution is 2.23. The number of methoxy groups -OCH3 is 1. The van der Waals surface area contributed by atoms with Crippen molar-refractivity contribution in [2.75, 3.05) is 13.7 Å². The molecule has 2 rings (SSSR count). The van der Waals surface area contributed by atoms with Crippen molar-refractivity contribution in [2.45, 2.75) is 19.9 Å². The lowest BCUT2D eigenvalue weighted by atomic mass is 10.1.